The maximum atomic E-state index is 11.9. The van der Waals surface area contributed by atoms with Gasteiger partial charge in [-0.1, -0.05) is 0 Å². The summed E-state index contributed by atoms with van der Waals surface area (Å²) in [7, 11) is 0. The molecule has 1 rings (SSSR count). The lowest BCUT2D eigenvalue weighted by atomic mass is 10.1. The predicted molar refractivity (Wildman–Crippen MR) is 72.8 cm³/mol. The minimum atomic E-state index is -0.873. The number of hydrogen-bond acceptors (Lipinski definition) is 4. The van der Waals surface area contributed by atoms with E-state index < -0.39 is 5.60 Å². The molecule has 2 N–H and O–H groups in total. The van der Waals surface area contributed by atoms with Gasteiger partial charge in [0.1, 0.15) is 0 Å². The van der Waals surface area contributed by atoms with Crippen LogP contribution in [0.1, 0.15) is 26.5 Å². The average Bonchev–Trinajstić information content (AvgIpc) is 2.77. The largest absolute Gasteiger partial charge is 0.389 e. The molecule has 0 bridgehead atoms. The molecular weight excluding hydrogens is 250 g/mol. The number of nitrogens with one attached hydrogen (secondary N) is 1. The highest BCUT2D eigenvalue weighted by Crippen LogP contribution is 2.05. The molecule has 0 aliphatic carbocycles. The molecule has 1 aromatic heterocycles. The van der Waals surface area contributed by atoms with Gasteiger partial charge in [0.15, 0.2) is 0 Å². The lowest BCUT2D eigenvalue weighted by molar-refractivity contribution is 0.0480. The number of thiazole rings is 1. The maximum absolute atomic E-state index is 11.9. The van der Waals surface area contributed by atoms with Gasteiger partial charge in [-0.05, 0) is 20.8 Å². The maximum Gasteiger partial charge on any atom is 0.317 e. The molecule has 1 aromatic rings. The van der Waals surface area contributed by atoms with Gasteiger partial charge in [-0.3, -0.25) is 0 Å². The zero-order valence-corrected chi connectivity index (χ0v) is 12.0. The molecule has 0 aliphatic heterocycles. The van der Waals surface area contributed by atoms with Gasteiger partial charge in [-0.2, -0.15) is 0 Å². The summed E-state index contributed by atoms with van der Waals surface area (Å²) in [6.45, 7) is 6.74. The molecule has 1 heterocycles. The van der Waals surface area contributed by atoms with Crippen molar-refractivity contribution in [3.63, 3.8) is 0 Å². The first-order valence-corrected chi connectivity index (χ1v) is 6.99. The molecule has 0 radical (unpaired) electrons. The molecule has 18 heavy (non-hydrogen) atoms. The summed E-state index contributed by atoms with van der Waals surface area (Å²) in [6.07, 6.45) is 0.731. The van der Waals surface area contributed by atoms with Crippen molar-refractivity contribution in [1.29, 1.82) is 0 Å². The summed E-state index contributed by atoms with van der Waals surface area (Å²) in [6, 6.07) is -0.144. The molecule has 2 amide bonds. The van der Waals surface area contributed by atoms with Crippen molar-refractivity contribution in [2.24, 2.45) is 0 Å². The van der Waals surface area contributed by atoms with Gasteiger partial charge in [-0.15, -0.1) is 11.3 Å². The van der Waals surface area contributed by atoms with Gasteiger partial charge < -0.3 is 15.3 Å². The fraction of sp³-hybridized carbons (Fsp3) is 0.667. The summed E-state index contributed by atoms with van der Waals surface area (Å²) in [5.41, 5.74) is 1.90. The van der Waals surface area contributed by atoms with Crippen LogP contribution >= 0.6 is 11.3 Å². The van der Waals surface area contributed by atoms with Gasteiger partial charge in [0.2, 0.25) is 0 Å². The fourth-order valence-electron chi connectivity index (χ4n) is 1.56. The SMILES string of the molecule is CCN(CC(C)(C)O)C(=O)NCCc1cscn1. The molecule has 0 fully saturated rings. The van der Waals surface area contributed by atoms with E-state index in [9.17, 15) is 9.90 Å². The van der Waals surface area contributed by atoms with Gasteiger partial charge in [0.05, 0.1) is 23.4 Å². The second-order valence-corrected chi connectivity index (χ2v) is 5.51. The Morgan fingerprint density at radius 1 is 1.61 bits per heavy atom. The minimum Gasteiger partial charge on any atom is -0.389 e. The van der Waals surface area contributed by atoms with Gasteiger partial charge in [-0.25, -0.2) is 9.78 Å². The fourth-order valence-corrected chi connectivity index (χ4v) is 2.16. The van der Waals surface area contributed by atoms with Crippen molar-refractivity contribution >= 4 is 17.4 Å². The van der Waals surface area contributed by atoms with Crippen LogP contribution in [0.15, 0.2) is 10.9 Å². The Morgan fingerprint density at radius 3 is 2.83 bits per heavy atom. The number of aliphatic hydroxyl groups is 1. The van der Waals surface area contributed by atoms with Gasteiger partial charge in [0, 0.05) is 24.9 Å². The zero-order valence-electron chi connectivity index (χ0n) is 11.1. The number of nitrogens with zero attached hydrogens (tertiary/aromatic N) is 2. The Morgan fingerprint density at radius 2 is 2.33 bits per heavy atom. The third-order valence-electron chi connectivity index (χ3n) is 2.39. The summed E-state index contributed by atoms with van der Waals surface area (Å²) < 4.78 is 0. The first kappa shape index (κ1) is 14.9. The van der Waals surface area contributed by atoms with Crippen molar-refractivity contribution in [1.82, 2.24) is 15.2 Å². The monoisotopic (exact) mass is 271 g/mol. The first-order chi connectivity index (χ1) is 8.42. The number of rotatable bonds is 6. The zero-order chi connectivity index (χ0) is 13.6. The van der Waals surface area contributed by atoms with E-state index in [2.05, 4.69) is 10.3 Å². The number of likely N-dealkylation sites (N-methyl/N-ethyl adjacent to an activating group) is 1. The van der Waals surface area contributed by atoms with E-state index in [0.29, 0.717) is 19.6 Å². The van der Waals surface area contributed by atoms with Crippen LogP contribution in [0.3, 0.4) is 0 Å². The third kappa shape index (κ3) is 5.46. The topological polar surface area (TPSA) is 65.5 Å². The highest BCUT2D eigenvalue weighted by atomic mass is 32.1. The standard InChI is InChI=1S/C12H21N3O2S/c1-4-15(8-12(2,3)17)11(16)13-6-5-10-7-18-9-14-10/h7,9,17H,4-6,8H2,1-3H3,(H,13,16). The number of amides is 2. The van der Waals surface area contributed by atoms with E-state index in [4.69, 9.17) is 0 Å². The molecule has 0 spiro atoms. The molecule has 0 saturated carbocycles. The van der Waals surface area contributed by atoms with Crippen LogP contribution in [0, 0.1) is 0 Å². The van der Waals surface area contributed by atoms with E-state index in [0.717, 1.165) is 12.1 Å². The van der Waals surface area contributed by atoms with Crippen LogP contribution in [0.4, 0.5) is 4.79 Å². The van der Waals surface area contributed by atoms with E-state index >= 15 is 0 Å². The van der Waals surface area contributed by atoms with Crippen LogP contribution in [0.2, 0.25) is 0 Å². The van der Waals surface area contributed by atoms with Crippen LogP contribution in [-0.4, -0.2) is 46.3 Å². The van der Waals surface area contributed by atoms with Crippen LogP contribution in [0.25, 0.3) is 0 Å². The van der Waals surface area contributed by atoms with Crippen molar-refractivity contribution in [3.05, 3.63) is 16.6 Å². The minimum absolute atomic E-state index is 0.144. The highest BCUT2D eigenvalue weighted by molar-refractivity contribution is 7.07. The van der Waals surface area contributed by atoms with Crippen LogP contribution in [-0.2, 0) is 6.42 Å². The average molecular weight is 271 g/mol. The highest BCUT2D eigenvalue weighted by Gasteiger charge is 2.20. The number of hydrogen-bond donors (Lipinski definition) is 2. The van der Waals surface area contributed by atoms with Crippen LogP contribution in [0.5, 0.6) is 0 Å². The summed E-state index contributed by atoms with van der Waals surface area (Å²) in [5.74, 6) is 0. The van der Waals surface area contributed by atoms with Crippen LogP contribution < -0.4 is 5.32 Å². The summed E-state index contributed by atoms with van der Waals surface area (Å²) in [4.78, 5) is 17.6. The van der Waals surface area contributed by atoms with E-state index in [1.807, 2.05) is 12.3 Å². The van der Waals surface area contributed by atoms with Crippen molar-refractivity contribution in [3.8, 4) is 0 Å². The molecular formula is C12H21N3O2S. The number of urea groups is 1. The molecule has 0 aliphatic rings. The summed E-state index contributed by atoms with van der Waals surface area (Å²) >= 11 is 1.55. The smallest absolute Gasteiger partial charge is 0.317 e. The van der Waals surface area contributed by atoms with E-state index in [-0.39, 0.29) is 6.03 Å². The second-order valence-electron chi connectivity index (χ2n) is 4.79. The third-order valence-corrected chi connectivity index (χ3v) is 3.02. The van der Waals surface area contributed by atoms with Gasteiger partial charge >= 0.3 is 6.03 Å². The predicted octanol–water partition coefficient (Wildman–Crippen LogP) is 1.49. The normalized spacial score (nSPS) is 11.3. The lowest BCUT2D eigenvalue weighted by Gasteiger charge is -2.28. The molecule has 5 nitrogen and oxygen atoms in total. The second kappa shape index (κ2) is 6.70. The van der Waals surface area contributed by atoms with E-state index in [1.54, 1.807) is 35.6 Å². The molecule has 0 atom stereocenters. The number of carbonyl (C=O) groups is 1. The molecule has 6 heteroatoms. The molecule has 0 unspecified atom stereocenters. The van der Waals surface area contributed by atoms with Crippen molar-refractivity contribution in [2.75, 3.05) is 19.6 Å². The first-order valence-electron chi connectivity index (χ1n) is 6.04. The Hall–Kier alpha value is -1.14. The van der Waals surface area contributed by atoms with Crippen molar-refractivity contribution < 1.29 is 9.90 Å². The summed E-state index contributed by atoms with van der Waals surface area (Å²) in [5, 5.41) is 14.5. The van der Waals surface area contributed by atoms with E-state index in [1.165, 1.54) is 0 Å². The number of carbonyl (C=O) groups excluding carboxylic acids is 1. The molecule has 102 valence electrons. The quantitative estimate of drug-likeness (QED) is 0.824. The molecule has 0 saturated heterocycles. The molecule has 0 aromatic carbocycles. The Labute approximate surface area is 112 Å². The van der Waals surface area contributed by atoms with Gasteiger partial charge in [0.25, 0.3) is 0 Å². The Balaban J connectivity index is 2.33. The van der Waals surface area contributed by atoms with Crippen molar-refractivity contribution in [2.45, 2.75) is 32.8 Å². The Kier molecular flexibility index (Phi) is 5.55. The Bertz CT molecular complexity index is 360. The number of aromatic nitrogens is 1. The lowest BCUT2D eigenvalue weighted by Crippen LogP contribution is -2.47.